The van der Waals surface area contributed by atoms with Crippen molar-refractivity contribution in [3.05, 3.63) is 39.7 Å². The van der Waals surface area contributed by atoms with Crippen molar-refractivity contribution in [1.29, 1.82) is 0 Å². The highest BCUT2D eigenvalue weighted by atomic mass is 16.5. The summed E-state index contributed by atoms with van der Waals surface area (Å²) in [5, 5.41) is 45.2. The van der Waals surface area contributed by atoms with E-state index in [-0.39, 0.29) is 29.5 Å². The molecule has 0 aromatic heterocycles. The average Bonchev–Trinajstić information content (AvgIpc) is 2.84. The number of phenolic OH excluding ortho intramolecular Hbond substituents is 1. The summed E-state index contributed by atoms with van der Waals surface area (Å²) in [6, 6.07) is 1.54. The number of hydrogen-bond donors (Lipinski definition) is 5. The predicted octanol–water partition coefficient (Wildman–Crippen LogP) is 0.897. The van der Waals surface area contributed by atoms with Gasteiger partial charge in [0.25, 0.3) is 5.91 Å². The number of phenols is 1. The third kappa shape index (κ3) is 3.94. The molecule has 0 heterocycles. The summed E-state index contributed by atoms with van der Waals surface area (Å²) in [5.41, 5.74) is 2.49. The maximum Gasteiger partial charge on any atom is 0.384 e. The fourth-order valence-corrected chi connectivity index (χ4v) is 6.20. The maximum atomic E-state index is 14.0. The molecule has 0 saturated heterocycles. The Bertz CT molecular complexity index is 1460. The number of hydrogen-bond acceptors (Lipinski definition) is 10. The Morgan fingerprint density at radius 3 is 2.38 bits per heavy atom. The minimum absolute atomic E-state index is 0.0172. The van der Waals surface area contributed by atoms with Crippen molar-refractivity contribution < 1.29 is 44.3 Å². The number of rotatable bonds is 3. The smallest absolute Gasteiger partial charge is 0.384 e. The topological polar surface area (TPSA) is 188 Å². The molecule has 0 bridgehead atoms. The molecular formula is C28H30N2O9. The maximum absolute atomic E-state index is 14.0. The third-order valence-corrected chi connectivity index (χ3v) is 7.91. The van der Waals surface area contributed by atoms with E-state index in [1.165, 1.54) is 6.07 Å². The molecule has 1 amide bonds. The van der Waals surface area contributed by atoms with Crippen LogP contribution in [0.5, 0.6) is 5.75 Å². The van der Waals surface area contributed by atoms with Gasteiger partial charge in [-0.15, -0.1) is 0 Å². The highest BCUT2D eigenvalue weighted by Gasteiger charge is 2.64. The fraction of sp³-hybridized carbons (Fsp3) is 0.429. The van der Waals surface area contributed by atoms with E-state index in [1.54, 1.807) is 32.8 Å². The number of amides is 1. The lowest BCUT2D eigenvalue weighted by atomic mass is 9.54. The summed E-state index contributed by atoms with van der Waals surface area (Å²) >= 11 is 0. The summed E-state index contributed by atoms with van der Waals surface area (Å²) in [6.45, 7) is 3.40. The Morgan fingerprint density at radius 1 is 1.21 bits per heavy atom. The number of anilines is 1. The molecule has 4 rings (SSSR count). The van der Waals surface area contributed by atoms with Gasteiger partial charge in [-0.2, -0.15) is 0 Å². The van der Waals surface area contributed by atoms with E-state index in [4.69, 9.17) is 5.73 Å². The molecule has 3 aliphatic rings. The van der Waals surface area contributed by atoms with Gasteiger partial charge >= 0.3 is 5.97 Å². The molecule has 0 aliphatic heterocycles. The standard InChI is InChI=1S/C28H30N2O9/c1-11(2)18-15-9-13-8-14-16(30(3)4)10-12(6-7-17(31)39-5)22(32)20(14)24(34)19(13)25(35)28(15,38)26(36)21(23(18)33)27(29)37/h10-11,13,15,18,32,34,36,38H,8-9H2,1-5H3,(H2,29,37)/t13-,15-,18-,28-/m0/s1. The van der Waals surface area contributed by atoms with Crippen molar-refractivity contribution in [2.75, 3.05) is 26.1 Å². The summed E-state index contributed by atoms with van der Waals surface area (Å²) in [5.74, 6) is -4.68. The van der Waals surface area contributed by atoms with Crippen LogP contribution in [0, 0.1) is 35.5 Å². The summed E-state index contributed by atoms with van der Waals surface area (Å²) in [4.78, 5) is 52.6. The monoisotopic (exact) mass is 538 g/mol. The molecule has 11 nitrogen and oxygen atoms in total. The summed E-state index contributed by atoms with van der Waals surface area (Å²) < 4.78 is 4.52. The molecule has 206 valence electrons. The van der Waals surface area contributed by atoms with Crippen LogP contribution in [0.15, 0.2) is 23.0 Å². The number of ketones is 2. The van der Waals surface area contributed by atoms with Crippen LogP contribution in [0.2, 0.25) is 0 Å². The molecule has 0 radical (unpaired) electrons. The molecule has 6 N–H and O–H groups in total. The molecule has 11 heteroatoms. The molecule has 4 atom stereocenters. The Balaban J connectivity index is 2.00. The molecule has 0 unspecified atom stereocenters. The van der Waals surface area contributed by atoms with E-state index in [1.807, 2.05) is 0 Å². The van der Waals surface area contributed by atoms with Gasteiger partial charge in [0.05, 0.1) is 18.2 Å². The van der Waals surface area contributed by atoms with Gasteiger partial charge in [-0.25, -0.2) is 4.79 Å². The van der Waals surface area contributed by atoms with Gasteiger partial charge in [-0.3, -0.25) is 14.4 Å². The molecule has 0 spiro atoms. The average molecular weight is 539 g/mol. The lowest BCUT2D eigenvalue weighted by Gasteiger charge is -2.50. The second kappa shape index (κ2) is 9.47. The highest BCUT2D eigenvalue weighted by molar-refractivity contribution is 6.23. The summed E-state index contributed by atoms with van der Waals surface area (Å²) in [6.07, 6.45) is 0.161. The minimum atomic E-state index is -2.69. The van der Waals surface area contributed by atoms with Gasteiger partial charge in [0.2, 0.25) is 5.78 Å². The zero-order chi connectivity index (χ0) is 29.1. The van der Waals surface area contributed by atoms with E-state index in [2.05, 4.69) is 16.6 Å². The van der Waals surface area contributed by atoms with Gasteiger partial charge < -0.3 is 35.8 Å². The molecule has 39 heavy (non-hydrogen) atoms. The number of nitrogens with two attached hydrogens (primary N) is 1. The van der Waals surface area contributed by atoms with Crippen molar-refractivity contribution in [3.63, 3.8) is 0 Å². The molecule has 1 fully saturated rings. The van der Waals surface area contributed by atoms with E-state index in [0.29, 0.717) is 11.3 Å². The van der Waals surface area contributed by atoms with Crippen molar-refractivity contribution >= 4 is 34.9 Å². The Labute approximate surface area is 224 Å². The van der Waals surface area contributed by atoms with Crippen molar-refractivity contribution in [2.24, 2.45) is 29.4 Å². The number of ether oxygens (including phenoxy) is 1. The van der Waals surface area contributed by atoms with Crippen LogP contribution >= 0.6 is 0 Å². The van der Waals surface area contributed by atoms with E-state index in [0.717, 1.165) is 7.11 Å². The van der Waals surface area contributed by atoms with Gasteiger partial charge in [0.1, 0.15) is 22.8 Å². The van der Waals surface area contributed by atoms with Crippen LogP contribution < -0.4 is 10.6 Å². The number of fused-ring (bicyclic) bond motifs is 3. The highest BCUT2D eigenvalue weighted by Crippen LogP contribution is 2.55. The zero-order valence-corrected chi connectivity index (χ0v) is 22.2. The molecule has 1 aromatic carbocycles. The number of Topliss-reactive ketones (excluding diaryl/α,β-unsaturated/α-hetero) is 2. The minimum Gasteiger partial charge on any atom is -0.508 e. The normalized spacial score (nSPS) is 25.9. The van der Waals surface area contributed by atoms with E-state index in [9.17, 15) is 39.6 Å². The number of benzene rings is 1. The second-order valence-corrected chi connectivity index (χ2v) is 10.6. The number of esters is 1. The van der Waals surface area contributed by atoms with Crippen LogP contribution in [0.1, 0.15) is 37.0 Å². The Kier molecular flexibility index (Phi) is 6.73. The van der Waals surface area contributed by atoms with E-state index >= 15 is 0 Å². The molecular weight excluding hydrogens is 508 g/mol. The third-order valence-electron chi connectivity index (χ3n) is 7.91. The summed E-state index contributed by atoms with van der Waals surface area (Å²) in [7, 11) is 4.61. The Hall–Kier alpha value is -4.30. The van der Waals surface area contributed by atoms with Gasteiger partial charge in [0, 0.05) is 43.1 Å². The van der Waals surface area contributed by atoms with Crippen LogP contribution in [0.25, 0.3) is 5.76 Å². The fourth-order valence-electron chi connectivity index (χ4n) is 6.20. The number of methoxy groups -OCH3 is 1. The SMILES string of the molecule is COC(=O)C#Cc1cc(N(C)C)c2c(c1O)C(O)=C1C(=O)[C@]3(O)C(O)=C(C(N)=O)C(=O)[C@@H](C(C)C)[C@@H]3C[C@@H]1C2. The van der Waals surface area contributed by atoms with Gasteiger partial charge in [-0.05, 0) is 36.3 Å². The van der Waals surface area contributed by atoms with Crippen molar-refractivity contribution in [2.45, 2.75) is 32.3 Å². The van der Waals surface area contributed by atoms with Gasteiger partial charge in [0.15, 0.2) is 11.4 Å². The zero-order valence-electron chi connectivity index (χ0n) is 22.2. The first-order valence-corrected chi connectivity index (χ1v) is 12.3. The number of primary amides is 1. The van der Waals surface area contributed by atoms with Crippen LogP contribution in [0.3, 0.4) is 0 Å². The largest absolute Gasteiger partial charge is 0.508 e. The lowest BCUT2D eigenvalue weighted by molar-refractivity contribution is -0.155. The quantitative estimate of drug-likeness (QED) is 0.210. The number of carbonyl (C=O) groups is 4. The predicted molar refractivity (Wildman–Crippen MR) is 138 cm³/mol. The first-order chi connectivity index (χ1) is 18.2. The Morgan fingerprint density at radius 2 is 1.85 bits per heavy atom. The van der Waals surface area contributed by atoms with Crippen LogP contribution in [-0.4, -0.2) is 70.7 Å². The second-order valence-electron chi connectivity index (χ2n) is 10.6. The van der Waals surface area contributed by atoms with Crippen LogP contribution in [0.4, 0.5) is 5.69 Å². The number of aliphatic hydroxyl groups is 3. The molecule has 1 aromatic rings. The first-order valence-electron chi connectivity index (χ1n) is 12.3. The first kappa shape index (κ1) is 27.7. The van der Waals surface area contributed by atoms with Crippen molar-refractivity contribution in [3.8, 4) is 17.6 Å². The number of carbonyl (C=O) groups excluding carboxylic acids is 4. The van der Waals surface area contributed by atoms with Crippen LogP contribution in [-0.2, 0) is 30.3 Å². The number of nitrogens with zero attached hydrogens (tertiary/aromatic N) is 1. The number of aromatic hydroxyl groups is 1. The number of aliphatic hydroxyl groups excluding tert-OH is 2. The lowest BCUT2D eigenvalue weighted by Crippen LogP contribution is -2.62. The van der Waals surface area contributed by atoms with E-state index < -0.39 is 75.6 Å². The molecule has 1 saturated carbocycles. The van der Waals surface area contributed by atoms with Crippen molar-refractivity contribution in [1.82, 2.24) is 0 Å². The van der Waals surface area contributed by atoms with Gasteiger partial charge in [-0.1, -0.05) is 19.8 Å². The molecule has 3 aliphatic carbocycles.